The molecule has 2 N–H and O–H groups in total. The van der Waals surface area contributed by atoms with E-state index in [0.717, 1.165) is 39.3 Å². The summed E-state index contributed by atoms with van der Waals surface area (Å²) in [6, 6.07) is 7.27. The lowest BCUT2D eigenvalue weighted by atomic mass is 10.0. The van der Waals surface area contributed by atoms with Crippen molar-refractivity contribution >= 4 is 44.1 Å². The van der Waals surface area contributed by atoms with Gasteiger partial charge in [0.15, 0.2) is 5.13 Å². The van der Waals surface area contributed by atoms with Crippen LogP contribution >= 0.6 is 11.3 Å². The Labute approximate surface area is 210 Å². The van der Waals surface area contributed by atoms with Crippen molar-refractivity contribution in [2.24, 2.45) is 5.92 Å². The van der Waals surface area contributed by atoms with Gasteiger partial charge < -0.3 is 15.5 Å². The third-order valence-corrected chi connectivity index (χ3v) is 9.28. The lowest BCUT2D eigenvalue weighted by Gasteiger charge is -2.36. The summed E-state index contributed by atoms with van der Waals surface area (Å²) >= 11 is 1.66. The van der Waals surface area contributed by atoms with Gasteiger partial charge >= 0.3 is 0 Å². The molecule has 1 atom stereocenters. The summed E-state index contributed by atoms with van der Waals surface area (Å²) < 4.78 is 16.4. The summed E-state index contributed by atoms with van der Waals surface area (Å²) in [4.78, 5) is 18.8. The molecule has 1 aliphatic carbocycles. The predicted molar refractivity (Wildman–Crippen MR) is 142 cm³/mol. The van der Waals surface area contributed by atoms with E-state index in [1.54, 1.807) is 11.3 Å². The van der Waals surface area contributed by atoms with E-state index in [2.05, 4.69) is 29.4 Å². The molecule has 2 aromatic rings. The molecule has 0 bridgehead atoms. The highest BCUT2D eigenvalue weighted by Crippen LogP contribution is 2.31. The maximum atomic E-state index is 13.4. The largest absolute Gasteiger partial charge is 0.359 e. The van der Waals surface area contributed by atoms with Crippen molar-refractivity contribution in [2.75, 3.05) is 38.0 Å². The Morgan fingerprint density at radius 1 is 1.24 bits per heavy atom. The Kier molecular flexibility index (Phi) is 9.33. The smallest absolute Gasteiger partial charge is 0.207 e. The number of amides is 1. The second-order valence-electron chi connectivity index (χ2n) is 10.00. The molecule has 7 nitrogen and oxygen atoms in total. The number of rotatable bonds is 12. The monoisotopic (exact) mass is 505 g/mol. The van der Waals surface area contributed by atoms with Crippen molar-refractivity contribution in [3.8, 4) is 0 Å². The Morgan fingerprint density at radius 2 is 2.00 bits per heavy atom. The molecule has 1 saturated heterocycles. The van der Waals surface area contributed by atoms with Crippen LogP contribution in [0.25, 0.3) is 10.2 Å². The number of aromatic nitrogens is 1. The summed E-state index contributed by atoms with van der Waals surface area (Å²) in [5.41, 5.74) is 0.960. The van der Waals surface area contributed by atoms with E-state index in [1.165, 1.54) is 51.6 Å². The highest BCUT2D eigenvalue weighted by atomic mass is 32.2. The van der Waals surface area contributed by atoms with Crippen molar-refractivity contribution in [2.45, 2.75) is 75.8 Å². The number of nitrogens with one attached hydrogen (secondary N) is 2. The van der Waals surface area contributed by atoms with Gasteiger partial charge in [-0.1, -0.05) is 38.0 Å². The SMILES string of the molecule is CC(C)CN(CCCNC=O)S(=O)c1ccc2nc(NC3CCN(C4CCCC4)CC3)sc2c1. The van der Waals surface area contributed by atoms with E-state index in [-0.39, 0.29) is 0 Å². The first-order chi connectivity index (χ1) is 16.5. The van der Waals surface area contributed by atoms with E-state index < -0.39 is 11.0 Å². The number of piperidine rings is 1. The number of carbonyl (C=O) groups is 1. The molecule has 0 radical (unpaired) electrons. The summed E-state index contributed by atoms with van der Waals surface area (Å²) in [6.45, 7) is 8.67. The molecule has 1 aromatic carbocycles. The summed E-state index contributed by atoms with van der Waals surface area (Å²) in [5.74, 6) is 0.408. The molecule has 2 fully saturated rings. The lowest BCUT2D eigenvalue weighted by molar-refractivity contribution is -0.109. The number of hydrogen-bond acceptors (Lipinski definition) is 6. The van der Waals surface area contributed by atoms with Crippen LogP contribution in [0, 0.1) is 5.92 Å². The number of anilines is 1. The first-order valence-corrected chi connectivity index (χ1v) is 14.7. The van der Waals surface area contributed by atoms with Gasteiger partial charge in [0.05, 0.1) is 15.1 Å². The van der Waals surface area contributed by atoms with Gasteiger partial charge in [0.1, 0.15) is 11.0 Å². The van der Waals surface area contributed by atoms with Gasteiger partial charge in [0.25, 0.3) is 0 Å². The second kappa shape index (κ2) is 12.4. The Bertz CT molecular complexity index is 952. The molecule has 34 heavy (non-hydrogen) atoms. The van der Waals surface area contributed by atoms with Crippen LogP contribution in [0.1, 0.15) is 58.8 Å². The molecule has 1 aromatic heterocycles. The molecular weight excluding hydrogens is 466 g/mol. The number of nitrogens with zero attached hydrogens (tertiary/aromatic N) is 3. The quantitative estimate of drug-likeness (QED) is 0.333. The van der Waals surface area contributed by atoms with Crippen molar-refractivity contribution < 1.29 is 9.00 Å². The highest BCUT2D eigenvalue weighted by Gasteiger charge is 2.27. The molecule has 4 rings (SSSR count). The van der Waals surface area contributed by atoms with Crippen LogP contribution in [0.15, 0.2) is 23.1 Å². The second-order valence-corrected chi connectivity index (χ2v) is 12.5. The molecule has 9 heteroatoms. The predicted octanol–water partition coefficient (Wildman–Crippen LogP) is 4.23. The van der Waals surface area contributed by atoms with E-state index in [4.69, 9.17) is 4.98 Å². The van der Waals surface area contributed by atoms with E-state index in [0.29, 0.717) is 31.5 Å². The molecule has 0 spiro atoms. The van der Waals surface area contributed by atoms with Crippen LogP contribution in [-0.4, -0.2) is 69.6 Å². The van der Waals surface area contributed by atoms with Gasteiger partial charge in [-0.3, -0.25) is 4.79 Å². The molecule has 2 aliphatic rings. The first-order valence-electron chi connectivity index (χ1n) is 12.8. The Balaban J connectivity index is 1.37. The molecule has 2 heterocycles. The minimum absolute atomic E-state index is 0.408. The van der Waals surface area contributed by atoms with Crippen LogP contribution in [-0.2, 0) is 15.8 Å². The van der Waals surface area contributed by atoms with Crippen LogP contribution in [0.2, 0.25) is 0 Å². The zero-order valence-corrected chi connectivity index (χ0v) is 22.1. The maximum absolute atomic E-state index is 13.4. The van der Waals surface area contributed by atoms with E-state index in [1.807, 2.05) is 22.5 Å². The molecular formula is C25H39N5O2S2. The van der Waals surface area contributed by atoms with Gasteiger partial charge in [-0.15, -0.1) is 0 Å². The Hall–Kier alpha value is -1.55. The fourth-order valence-electron chi connectivity index (χ4n) is 5.14. The fraction of sp³-hybridized carbons (Fsp3) is 0.680. The van der Waals surface area contributed by atoms with Gasteiger partial charge in [0, 0.05) is 44.8 Å². The van der Waals surface area contributed by atoms with Crippen LogP contribution in [0.3, 0.4) is 0 Å². The van der Waals surface area contributed by atoms with Crippen molar-refractivity contribution in [1.82, 2.24) is 19.5 Å². The first kappa shape index (κ1) is 25.5. The van der Waals surface area contributed by atoms with Gasteiger partial charge in [-0.25, -0.2) is 13.5 Å². The minimum Gasteiger partial charge on any atom is -0.359 e. The summed E-state index contributed by atoms with van der Waals surface area (Å²) in [6.07, 6.45) is 9.38. The third-order valence-electron chi connectivity index (χ3n) is 6.88. The third kappa shape index (κ3) is 6.77. The number of carbonyl (C=O) groups excluding carboxylic acids is 1. The summed E-state index contributed by atoms with van der Waals surface area (Å²) in [5, 5.41) is 7.34. The zero-order valence-electron chi connectivity index (χ0n) is 20.5. The van der Waals surface area contributed by atoms with Gasteiger partial charge in [-0.2, -0.15) is 0 Å². The fourth-order valence-corrected chi connectivity index (χ4v) is 7.63. The van der Waals surface area contributed by atoms with Crippen molar-refractivity contribution in [1.29, 1.82) is 0 Å². The molecule has 1 unspecified atom stereocenters. The van der Waals surface area contributed by atoms with Gasteiger partial charge in [0.2, 0.25) is 6.41 Å². The van der Waals surface area contributed by atoms with E-state index in [9.17, 15) is 9.00 Å². The van der Waals surface area contributed by atoms with Crippen LogP contribution in [0.4, 0.5) is 5.13 Å². The lowest BCUT2D eigenvalue weighted by Crippen LogP contribution is -2.43. The van der Waals surface area contributed by atoms with Gasteiger partial charge in [-0.05, 0) is 56.2 Å². The zero-order chi connectivity index (χ0) is 23.9. The molecule has 188 valence electrons. The average Bonchev–Trinajstić information content (AvgIpc) is 3.50. The summed E-state index contributed by atoms with van der Waals surface area (Å²) in [7, 11) is -1.24. The number of hydrogen-bond donors (Lipinski definition) is 2. The molecule has 1 saturated carbocycles. The number of likely N-dealkylation sites (tertiary alicyclic amines) is 1. The van der Waals surface area contributed by atoms with Crippen molar-refractivity contribution in [3.63, 3.8) is 0 Å². The molecule has 1 amide bonds. The van der Waals surface area contributed by atoms with Crippen LogP contribution < -0.4 is 10.6 Å². The Morgan fingerprint density at radius 3 is 2.71 bits per heavy atom. The number of benzene rings is 1. The topological polar surface area (TPSA) is 77.6 Å². The van der Waals surface area contributed by atoms with Crippen molar-refractivity contribution in [3.05, 3.63) is 18.2 Å². The average molecular weight is 506 g/mol. The van der Waals surface area contributed by atoms with Crippen LogP contribution in [0.5, 0.6) is 0 Å². The number of fused-ring (bicyclic) bond motifs is 1. The highest BCUT2D eigenvalue weighted by molar-refractivity contribution is 7.82. The number of thiazole rings is 1. The molecule has 1 aliphatic heterocycles. The standard InChI is InChI=1S/C25H39N5O2S2/c1-19(2)17-30(13-5-12-26-18-31)34(32)22-8-9-23-24(16-22)33-25(28-23)27-20-10-14-29(15-11-20)21-6-3-4-7-21/h8-9,16,18-21H,3-7,10-15,17H2,1-2H3,(H,26,31)(H,27,28). The van der Waals surface area contributed by atoms with E-state index >= 15 is 0 Å². The minimum atomic E-state index is -1.24. The maximum Gasteiger partial charge on any atom is 0.207 e. The normalized spacial score (nSPS) is 19.3.